The van der Waals surface area contributed by atoms with Crippen LogP contribution in [0.25, 0.3) is 10.2 Å². The monoisotopic (exact) mass is 470 g/mol. The van der Waals surface area contributed by atoms with E-state index >= 15 is 0 Å². The van der Waals surface area contributed by atoms with Crippen LogP contribution in [-0.2, 0) is 12.8 Å². The molecule has 0 saturated carbocycles. The molecular formula is C25H31ClN4OS. The fourth-order valence-corrected chi connectivity index (χ4v) is 6.66. The topological polar surface area (TPSA) is 41.5 Å². The summed E-state index contributed by atoms with van der Waals surface area (Å²) in [4.78, 5) is 16.7. The van der Waals surface area contributed by atoms with Crippen molar-refractivity contribution in [2.24, 2.45) is 11.3 Å². The lowest BCUT2D eigenvalue weighted by Gasteiger charge is -2.37. The van der Waals surface area contributed by atoms with E-state index in [2.05, 4.69) is 47.7 Å². The Balaban J connectivity index is 1.44. The molecule has 3 heterocycles. The molecule has 1 aliphatic heterocycles. The van der Waals surface area contributed by atoms with Crippen LogP contribution in [0.15, 0.2) is 24.3 Å². The Morgan fingerprint density at radius 2 is 1.78 bits per heavy atom. The lowest BCUT2D eigenvalue weighted by atomic mass is 9.72. The zero-order valence-electron chi connectivity index (χ0n) is 19.3. The van der Waals surface area contributed by atoms with Crippen LogP contribution in [0.1, 0.15) is 37.6 Å². The van der Waals surface area contributed by atoms with Crippen molar-refractivity contribution < 1.29 is 4.74 Å². The second kappa shape index (κ2) is 8.38. The molecule has 0 amide bonds. The molecule has 2 aromatic heterocycles. The van der Waals surface area contributed by atoms with Gasteiger partial charge in [0.15, 0.2) is 0 Å². The SMILES string of the molecule is COc1ccccc1N1CCN(c2nc(Cl)nc3sc4c(c23)CCC(C(C)(C)C)C4)CC1. The van der Waals surface area contributed by atoms with Gasteiger partial charge in [0.2, 0.25) is 5.28 Å². The minimum Gasteiger partial charge on any atom is -0.495 e. The molecule has 5 nitrogen and oxygen atoms in total. The molecule has 32 heavy (non-hydrogen) atoms. The van der Waals surface area contributed by atoms with Gasteiger partial charge in [0.05, 0.1) is 18.2 Å². The van der Waals surface area contributed by atoms with Gasteiger partial charge in [-0.05, 0) is 59.9 Å². The van der Waals surface area contributed by atoms with Gasteiger partial charge in [0.1, 0.15) is 16.4 Å². The summed E-state index contributed by atoms with van der Waals surface area (Å²) >= 11 is 8.23. The number of para-hydroxylation sites is 2. The number of hydrogen-bond acceptors (Lipinski definition) is 6. The van der Waals surface area contributed by atoms with Crippen molar-refractivity contribution in [1.82, 2.24) is 9.97 Å². The van der Waals surface area contributed by atoms with Gasteiger partial charge in [0, 0.05) is 31.1 Å². The van der Waals surface area contributed by atoms with E-state index < -0.39 is 0 Å². The van der Waals surface area contributed by atoms with Crippen molar-refractivity contribution >= 4 is 44.7 Å². The summed E-state index contributed by atoms with van der Waals surface area (Å²) in [5.74, 6) is 2.65. The summed E-state index contributed by atoms with van der Waals surface area (Å²) in [6.07, 6.45) is 3.47. The first kappa shape index (κ1) is 21.8. The van der Waals surface area contributed by atoms with Gasteiger partial charge >= 0.3 is 0 Å². The van der Waals surface area contributed by atoms with Crippen LogP contribution in [0.4, 0.5) is 11.5 Å². The summed E-state index contributed by atoms with van der Waals surface area (Å²) in [6, 6.07) is 8.25. The standard InChI is InChI=1S/C25H31ClN4OS/c1-25(2,3)16-9-10-17-20(15-16)32-23-21(17)22(27-24(26)28-23)30-13-11-29(12-14-30)18-7-5-6-8-19(18)31-4/h5-8,16H,9-15H2,1-4H3. The van der Waals surface area contributed by atoms with E-state index in [-0.39, 0.29) is 0 Å². The van der Waals surface area contributed by atoms with E-state index in [1.807, 2.05) is 23.5 Å². The Hall–Kier alpha value is -2.05. The summed E-state index contributed by atoms with van der Waals surface area (Å²) in [5, 5.41) is 1.60. The van der Waals surface area contributed by atoms with Crippen LogP contribution in [0.5, 0.6) is 5.75 Å². The number of aryl methyl sites for hydroxylation is 1. The van der Waals surface area contributed by atoms with Gasteiger partial charge in [0.25, 0.3) is 0 Å². The van der Waals surface area contributed by atoms with Crippen LogP contribution in [0, 0.1) is 11.3 Å². The fourth-order valence-electron chi connectivity index (χ4n) is 5.15. The van der Waals surface area contributed by atoms with E-state index in [1.54, 1.807) is 7.11 Å². The van der Waals surface area contributed by atoms with Gasteiger partial charge in [-0.2, -0.15) is 4.98 Å². The molecule has 0 N–H and O–H groups in total. The van der Waals surface area contributed by atoms with Gasteiger partial charge < -0.3 is 14.5 Å². The van der Waals surface area contributed by atoms with Crippen LogP contribution >= 0.6 is 22.9 Å². The molecule has 0 radical (unpaired) electrons. The van der Waals surface area contributed by atoms with Crippen molar-refractivity contribution in [3.63, 3.8) is 0 Å². The molecule has 5 rings (SSSR count). The lowest BCUT2D eigenvalue weighted by Crippen LogP contribution is -2.47. The van der Waals surface area contributed by atoms with E-state index in [0.717, 1.165) is 61.1 Å². The molecule has 3 aromatic rings. The van der Waals surface area contributed by atoms with E-state index in [0.29, 0.717) is 16.6 Å². The van der Waals surface area contributed by atoms with Crippen molar-refractivity contribution in [3.05, 3.63) is 40.0 Å². The maximum absolute atomic E-state index is 6.40. The predicted octanol–water partition coefficient (Wildman–Crippen LogP) is 5.83. The maximum atomic E-state index is 6.40. The summed E-state index contributed by atoms with van der Waals surface area (Å²) in [5.41, 5.74) is 2.94. The number of rotatable bonds is 3. The number of aromatic nitrogens is 2. The number of halogens is 1. The second-order valence-corrected chi connectivity index (χ2v) is 11.4. The van der Waals surface area contributed by atoms with Crippen LogP contribution < -0.4 is 14.5 Å². The molecular weight excluding hydrogens is 440 g/mol. The van der Waals surface area contributed by atoms with E-state index in [1.165, 1.54) is 22.2 Å². The molecule has 170 valence electrons. The van der Waals surface area contributed by atoms with E-state index in [4.69, 9.17) is 21.3 Å². The fraction of sp³-hybridized carbons (Fsp3) is 0.520. The largest absolute Gasteiger partial charge is 0.495 e. The highest BCUT2D eigenvalue weighted by atomic mass is 35.5. The average Bonchev–Trinajstić information content (AvgIpc) is 3.15. The minimum absolute atomic E-state index is 0.328. The number of thiophene rings is 1. The Morgan fingerprint density at radius 3 is 2.50 bits per heavy atom. The molecule has 0 bridgehead atoms. The minimum atomic E-state index is 0.328. The third-order valence-electron chi connectivity index (χ3n) is 7.09. The summed E-state index contributed by atoms with van der Waals surface area (Å²) < 4.78 is 5.58. The van der Waals surface area contributed by atoms with Crippen molar-refractivity contribution in [2.45, 2.75) is 40.0 Å². The van der Waals surface area contributed by atoms with Crippen LogP contribution in [0.3, 0.4) is 0 Å². The Morgan fingerprint density at radius 1 is 1.06 bits per heavy atom. The highest BCUT2D eigenvalue weighted by molar-refractivity contribution is 7.19. The summed E-state index contributed by atoms with van der Waals surface area (Å²) in [6.45, 7) is 10.7. The Bertz CT molecular complexity index is 1130. The lowest BCUT2D eigenvalue weighted by molar-refractivity contribution is 0.218. The van der Waals surface area contributed by atoms with Crippen molar-refractivity contribution in [2.75, 3.05) is 43.1 Å². The smallest absolute Gasteiger partial charge is 0.225 e. The highest BCUT2D eigenvalue weighted by Crippen LogP contribution is 2.45. The van der Waals surface area contributed by atoms with Gasteiger partial charge in [-0.25, -0.2) is 4.98 Å². The normalized spacial score (nSPS) is 19.3. The van der Waals surface area contributed by atoms with E-state index in [9.17, 15) is 0 Å². The zero-order chi connectivity index (χ0) is 22.5. The molecule has 7 heteroatoms. The molecule has 2 aliphatic rings. The first-order valence-corrected chi connectivity index (χ1v) is 12.7. The molecule has 1 atom stereocenters. The molecule has 1 unspecified atom stereocenters. The van der Waals surface area contributed by atoms with Crippen molar-refractivity contribution in [1.29, 1.82) is 0 Å². The number of benzene rings is 1. The number of piperazine rings is 1. The zero-order valence-corrected chi connectivity index (χ0v) is 20.9. The quantitative estimate of drug-likeness (QED) is 0.450. The first-order chi connectivity index (χ1) is 15.3. The third-order valence-corrected chi connectivity index (χ3v) is 8.41. The first-order valence-electron chi connectivity index (χ1n) is 11.5. The van der Waals surface area contributed by atoms with Gasteiger partial charge in [-0.1, -0.05) is 32.9 Å². The molecule has 0 spiro atoms. The number of anilines is 2. The summed E-state index contributed by atoms with van der Waals surface area (Å²) in [7, 11) is 1.73. The van der Waals surface area contributed by atoms with Crippen LogP contribution in [-0.4, -0.2) is 43.3 Å². The molecule has 1 fully saturated rings. The highest BCUT2D eigenvalue weighted by Gasteiger charge is 2.33. The predicted molar refractivity (Wildman–Crippen MR) is 135 cm³/mol. The maximum Gasteiger partial charge on any atom is 0.225 e. The molecule has 1 saturated heterocycles. The Labute approximate surface area is 199 Å². The number of fused-ring (bicyclic) bond motifs is 3. The average molecular weight is 471 g/mol. The number of nitrogens with zero attached hydrogens (tertiary/aromatic N) is 4. The van der Waals surface area contributed by atoms with Crippen molar-refractivity contribution in [3.8, 4) is 5.75 Å². The van der Waals surface area contributed by atoms with Gasteiger partial charge in [-0.15, -0.1) is 11.3 Å². The number of methoxy groups -OCH3 is 1. The number of hydrogen-bond donors (Lipinski definition) is 0. The molecule has 1 aliphatic carbocycles. The third kappa shape index (κ3) is 3.92. The van der Waals surface area contributed by atoms with Crippen LogP contribution in [0.2, 0.25) is 5.28 Å². The van der Waals surface area contributed by atoms with Gasteiger partial charge in [-0.3, -0.25) is 0 Å². The molecule has 1 aromatic carbocycles. The Kier molecular flexibility index (Phi) is 5.70. The number of ether oxygens (including phenoxy) is 1. The second-order valence-electron chi connectivity index (χ2n) is 9.95.